The Balaban J connectivity index is 0.000000208. The monoisotopic (exact) mass is 772 g/mol. The topological polar surface area (TPSA) is 239 Å². The van der Waals surface area contributed by atoms with E-state index < -0.39 is 35.8 Å². The van der Waals surface area contributed by atoms with Crippen LogP contribution in [0.25, 0.3) is 21.5 Å². The summed E-state index contributed by atoms with van der Waals surface area (Å²) < 4.78 is 0. The number of carbonyl (C=O) groups excluding carboxylic acids is 2. The van der Waals surface area contributed by atoms with E-state index in [4.69, 9.17) is 23.2 Å². The Labute approximate surface area is 315 Å². The number of phenolic OH excluding ortho intramolecular Hbond substituents is 2. The van der Waals surface area contributed by atoms with Crippen molar-refractivity contribution in [3.63, 3.8) is 0 Å². The van der Waals surface area contributed by atoms with Crippen molar-refractivity contribution in [2.24, 2.45) is 0 Å². The number of carbonyl (C=O) groups is 4. The summed E-state index contributed by atoms with van der Waals surface area (Å²) in [6, 6.07) is 22.6. The predicted octanol–water partition coefficient (Wildman–Crippen LogP) is 5.45. The molecule has 0 radical (unpaired) electrons. The highest BCUT2D eigenvalue weighted by atomic mass is 35.5. The quantitative estimate of drug-likeness (QED) is 0.0811. The van der Waals surface area contributed by atoms with Gasteiger partial charge < -0.3 is 41.3 Å². The van der Waals surface area contributed by atoms with E-state index in [0.717, 1.165) is 0 Å². The van der Waals surface area contributed by atoms with Gasteiger partial charge in [0.25, 0.3) is 11.8 Å². The van der Waals surface area contributed by atoms with E-state index >= 15 is 0 Å². The molecule has 0 aliphatic heterocycles. The second kappa shape index (κ2) is 16.8. The maximum atomic E-state index is 12.5. The van der Waals surface area contributed by atoms with Gasteiger partial charge in [-0.05, 0) is 35.4 Å². The van der Waals surface area contributed by atoms with Crippen LogP contribution < -0.4 is 10.6 Å². The zero-order chi connectivity index (χ0) is 39.1. The molecule has 0 aliphatic carbocycles. The number of amides is 2. The Morgan fingerprint density at radius 3 is 1.15 bits per heavy atom. The lowest BCUT2D eigenvalue weighted by Gasteiger charge is -2.15. The van der Waals surface area contributed by atoms with Crippen molar-refractivity contribution in [2.75, 3.05) is 0 Å². The molecule has 8 N–H and O–H groups in total. The van der Waals surface area contributed by atoms with Gasteiger partial charge in [-0.1, -0.05) is 96.0 Å². The summed E-state index contributed by atoms with van der Waals surface area (Å²) in [6.45, 7) is 0. The third kappa shape index (κ3) is 9.04. The number of carboxylic acid groups (broad SMARTS) is 2. The van der Waals surface area contributed by atoms with Crippen LogP contribution in [-0.2, 0) is 22.4 Å². The first-order valence-electron chi connectivity index (χ1n) is 15.9. The molecule has 0 fully saturated rings. The summed E-state index contributed by atoms with van der Waals surface area (Å²) in [5.74, 6) is -4.85. The van der Waals surface area contributed by atoms with Crippen LogP contribution in [0.3, 0.4) is 0 Å². The molecule has 2 amide bonds. The van der Waals surface area contributed by atoms with Crippen LogP contribution >= 0.6 is 23.2 Å². The summed E-state index contributed by atoms with van der Waals surface area (Å²) in [7, 11) is 0. The number of nitrogens with zero attached hydrogens (tertiary/aromatic N) is 2. The van der Waals surface area contributed by atoms with Crippen molar-refractivity contribution >= 4 is 68.5 Å². The molecule has 2 heterocycles. The Kier molecular flexibility index (Phi) is 12.0. The summed E-state index contributed by atoms with van der Waals surface area (Å²) in [6.07, 6.45) is -0.0210. The van der Waals surface area contributed by atoms with Crippen LogP contribution in [0.1, 0.15) is 32.1 Å². The summed E-state index contributed by atoms with van der Waals surface area (Å²) in [5.41, 5.74) is 0.509. The van der Waals surface area contributed by atoms with Crippen LogP contribution in [0.15, 0.2) is 97.1 Å². The van der Waals surface area contributed by atoms with Crippen molar-refractivity contribution in [1.29, 1.82) is 0 Å². The molecule has 54 heavy (non-hydrogen) atoms. The fourth-order valence-electron chi connectivity index (χ4n) is 5.32. The first-order valence-corrected chi connectivity index (χ1v) is 16.7. The van der Waals surface area contributed by atoms with Crippen LogP contribution in [0, 0.1) is 0 Å². The van der Waals surface area contributed by atoms with Crippen molar-refractivity contribution in [3.8, 4) is 23.0 Å². The Morgan fingerprint density at radius 1 is 0.519 bits per heavy atom. The van der Waals surface area contributed by atoms with Gasteiger partial charge in [-0.15, -0.1) is 0 Å². The third-order valence-electron chi connectivity index (χ3n) is 8.07. The molecular weight excluding hydrogens is 743 g/mol. The molecule has 4 aromatic carbocycles. The minimum Gasteiger partial charge on any atom is -0.508 e. The second-order valence-electron chi connectivity index (χ2n) is 11.8. The number of hydrogen-bond donors (Lipinski definition) is 8. The number of rotatable bonds is 10. The summed E-state index contributed by atoms with van der Waals surface area (Å²) in [4.78, 5) is 55.9. The molecule has 2 aromatic heterocycles. The zero-order valence-corrected chi connectivity index (χ0v) is 29.3. The molecule has 0 bridgehead atoms. The zero-order valence-electron chi connectivity index (χ0n) is 27.8. The second-order valence-corrected chi connectivity index (χ2v) is 12.5. The number of halogens is 2. The van der Waals surface area contributed by atoms with E-state index in [1.54, 1.807) is 72.8 Å². The fraction of sp³-hybridized carbons (Fsp3) is 0.105. The average Bonchev–Trinajstić information content (AvgIpc) is 3.15. The number of carboxylic acids is 2. The van der Waals surface area contributed by atoms with Crippen molar-refractivity contribution in [3.05, 3.63) is 130 Å². The lowest BCUT2D eigenvalue weighted by Crippen LogP contribution is -2.42. The van der Waals surface area contributed by atoms with Gasteiger partial charge >= 0.3 is 11.9 Å². The minimum absolute atomic E-state index is 0.0105. The van der Waals surface area contributed by atoms with Gasteiger partial charge in [-0.2, -0.15) is 0 Å². The average molecular weight is 774 g/mol. The maximum Gasteiger partial charge on any atom is 0.326 e. The van der Waals surface area contributed by atoms with Crippen LogP contribution in [-0.4, -0.2) is 76.4 Å². The summed E-state index contributed by atoms with van der Waals surface area (Å²) in [5, 5.41) is 64.5. The highest BCUT2D eigenvalue weighted by Gasteiger charge is 2.27. The third-order valence-corrected chi connectivity index (χ3v) is 8.64. The fourth-order valence-corrected chi connectivity index (χ4v) is 5.82. The van der Waals surface area contributed by atoms with Gasteiger partial charge in [0.15, 0.2) is 22.9 Å². The molecule has 14 nitrogen and oxygen atoms in total. The van der Waals surface area contributed by atoms with Gasteiger partial charge in [0.2, 0.25) is 0 Å². The van der Waals surface area contributed by atoms with Crippen LogP contribution in [0.2, 0.25) is 10.3 Å². The van der Waals surface area contributed by atoms with Gasteiger partial charge in [-0.3, -0.25) is 9.59 Å². The molecule has 276 valence electrons. The minimum atomic E-state index is -1.26. The Bertz CT molecular complexity index is 2210. The predicted molar refractivity (Wildman–Crippen MR) is 198 cm³/mol. The highest BCUT2D eigenvalue weighted by molar-refractivity contribution is 6.35. The molecule has 16 heteroatoms. The first kappa shape index (κ1) is 38.6. The van der Waals surface area contributed by atoms with Crippen molar-refractivity contribution in [1.82, 2.24) is 20.6 Å². The molecule has 6 aromatic rings. The highest BCUT2D eigenvalue weighted by Crippen LogP contribution is 2.33. The molecule has 2 atom stereocenters. The number of aliphatic carboxylic acids is 2. The van der Waals surface area contributed by atoms with E-state index in [1.165, 1.54) is 24.3 Å². The number of aromatic nitrogens is 2. The Hall–Kier alpha value is -6.64. The number of phenols is 2. The first-order chi connectivity index (χ1) is 25.7. The van der Waals surface area contributed by atoms with Crippen molar-refractivity contribution in [2.45, 2.75) is 24.9 Å². The van der Waals surface area contributed by atoms with Crippen molar-refractivity contribution < 1.29 is 49.8 Å². The van der Waals surface area contributed by atoms with Gasteiger partial charge in [0.05, 0.1) is 0 Å². The summed E-state index contributed by atoms with van der Waals surface area (Å²) >= 11 is 12.2. The van der Waals surface area contributed by atoms with Gasteiger partial charge in [0, 0.05) is 34.4 Å². The largest absolute Gasteiger partial charge is 0.508 e. The number of nitrogens with one attached hydrogen (secondary N) is 2. The number of pyridine rings is 2. The Morgan fingerprint density at radius 2 is 0.833 bits per heavy atom. The number of benzene rings is 4. The molecular formula is C38H30Cl2N4O10. The van der Waals surface area contributed by atoms with E-state index in [2.05, 4.69) is 20.6 Å². The molecule has 0 spiro atoms. The molecule has 0 unspecified atom stereocenters. The van der Waals surface area contributed by atoms with Crippen LogP contribution in [0.5, 0.6) is 23.0 Å². The molecule has 6 rings (SSSR count). The van der Waals surface area contributed by atoms with Crippen LogP contribution in [0.4, 0.5) is 0 Å². The van der Waals surface area contributed by atoms with Gasteiger partial charge in [-0.25, -0.2) is 19.6 Å². The maximum absolute atomic E-state index is 12.5. The van der Waals surface area contributed by atoms with E-state index in [-0.39, 0.29) is 57.5 Å². The standard InChI is InChI=1S/2C19H15ClN2O5/c2*20-17-13-4-2-1-3-12(13)16(24)15(22-17)18(25)21-14(19(26)27)9-10-5-7-11(23)8-6-10/h2*1-8,14,23-24H,9H2,(H,21,25)(H,26,27)/t2*14-/m10/s1. The van der Waals surface area contributed by atoms with Gasteiger partial charge in [0.1, 0.15) is 33.9 Å². The number of hydrogen-bond acceptors (Lipinski definition) is 10. The molecule has 0 saturated heterocycles. The van der Waals surface area contributed by atoms with E-state index in [0.29, 0.717) is 32.7 Å². The van der Waals surface area contributed by atoms with E-state index in [9.17, 15) is 49.8 Å². The lowest BCUT2D eigenvalue weighted by atomic mass is 10.1. The molecule has 0 aliphatic rings. The lowest BCUT2D eigenvalue weighted by molar-refractivity contribution is -0.140. The van der Waals surface area contributed by atoms with E-state index in [1.807, 2.05) is 0 Å². The SMILES string of the molecule is O=C(N[C@@H](Cc1ccc(O)cc1)C(=O)O)c1nc(Cl)c2ccccc2c1O.O=C(N[C@H](Cc1ccc(O)cc1)C(=O)O)c1nc(Cl)c2ccccc2c1O. The molecule has 0 saturated carbocycles. The number of aromatic hydroxyl groups is 4. The smallest absolute Gasteiger partial charge is 0.326 e. The normalized spacial score (nSPS) is 11.9. The number of fused-ring (bicyclic) bond motifs is 2.